The summed E-state index contributed by atoms with van der Waals surface area (Å²) in [5, 5.41) is 8.33. The lowest BCUT2D eigenvalue weighted by Gasteiger charge is -2.24. The van der Waals surface area contributed by atoms with Crippen molar-refractivity contribution in [3.63, 3.8) is 0 Å². The lowest BCUT2D eigenvalue weighted by Crippen LogP contribution is -2.28. The lowest BCUT2D eigenvalue weighted by molar-refractivity contribution is 0.118. The molecular formula is C16H20N6O. The first-order chi connectivity index (χ1) is 11.2. The standard InChI is InChI=1S/C16H20N6O/c1-20-10-17-19-15(20)14-8-11(23-3)9-22(14)16-18-12-6-4-5-7-13(12)21(16)2/h4-7,10-11,14H,8-9H2,1-3H3/t11-,14+/m1/s1. The molecule has 1 fully saturated rings. The summed E-state index contributed by atoms with van der Waals surface area (Å²) in [6.45, 7) is 0.797. The smallest absolute Gasteiger partial charge is 0.207 e. The fraction of sp³-hybridized carbons (Fsp3) is 0.438. The van der Waals surface area contributed by atoms with Crippen molar-refractivity contribution in [1.82, 2.24) is 24.3 Å². The van der Waals surface area contributed by atoms with Crippen molar-refractivity contribution in [2.75, 3.05) is 18.6 Å². The molecule has 0 radical (unpaired) electrons. The van der Waals surface area contributed by atoms with E-state index in [0.29, 0.717) is 0 Å². The van der Waals surface area contributed by atoms with Gasteiger partial charge in [0.15, 0.2) is 5.82 Å². The summed E-state index contributed by atoms with van der Waals surface area (Å²) in [6, 6.07) is 8.30. The van der Waals surface area contributed by atoms with E-state index in [0.717, 1.165) is 35.8 Å². The molecule has 0 amide bonds. The third-order valence-electron chi connectivity index (χ3n) is 4.66. The van der Waals surface area contributed by atoms with Crippen LogP contribution in [0.4, 0.5) is 5.95 Å². The molecule has 1 aliphatic heterocycles. The van der Waals surface area contributed by atoms with Crippen LogP contribution >= 0.6 is 0 Å². The number of aromatic nitrogens is 5. The first kappa shape index (κ1) is 14.2. The van der Waals surface area contributed by atoms with E-state index in [-0.39, 0.29) is 12.1 Å². The molecule has 2 atom stereocenters. The zero-order chi connectivity index (χ0) is 16.0. The molecule has 23 heavy (non-hydrogen) atoms. The van der Waals surface area contributed by atoms with Gasteiger partial charge in [0.1, 0.15) is 6.33 Å². The van der Waals surface area contributed by atoms with Gasteiger partial charge in [0.25, 0.3) is 0 Å². The molecule has 7 nitrogen and oxygen atoms in total. The predicted octanol–water partition coefficient (Wildman–Crippen LogP) is 1.67. The quantitative estimate of drug-likeness (QED) is 0.736. The van der Waals surface area contributed by atoms with Gasteiger partial charge in [-0.15, -0.1) is 10.2 Å². The molecule has 0 saturated carbocycles. The van der Waals surface area contributed by atoms with Crippen molar-refractivity contribution >= 4 is 17.0 Å². The van der Waals surface area contributed by atoms with Gasteiger partial charge in [0.05, 0.1) is 23.2 Å². The van der Waals surface area contributed by atoms with Crippen molar-refractivity contribution in [3.05, 3.63) is 36.4 Å². The molecule has 1 aliphatic rings. The van der Waals surface area contributed by atoms with Gasteiger partial charge in [-0.2, -0.15) is 0 Å². The summed E-state index contributed by atoms with van der Waals surface area (Å²) < 4.78 is 9.72. The highest BCUT2D eigenvalue weighted by Crippen LogP contribution is 2.36. The molecule has 0 spiro atoms. The largest absolute Gasteiger partial charge is 0.380 e. The SMILES string of the molecule is CO[C@@H]1C[C@@H](c2nncn2C)N(c2nc3ccccc3n2C)C1. The molecule has 0 aliphatic carbocycles. The number of fused-ring (bicyclic) bond motifs is 1. The molecule has 3 heterocycles. The average Bonchev–Trinajstić information content (AvgIpc) is 3.25. The van der Waals surface area contributed by atoms with Crippen LogP contribution in [0, 0.1) is 0 Å². The Morgan fingerprint density at radius 1 is 1.22 bits per heavy atom. The number of hydrogen-bond acceptors (Lipinski definition) is 5. The van der Waals surface area contributed by atoms with Crippen molar-refractivity contribution in [2.24, 2.45) is 14.1 Å². The summed E-state index contributed by atoms with van der Waals surface area (Å²) in [7, 11) is 5.79. The van der Waals surface area contributed by atoms with Crippen LogP contribution in [0.1, 0.15) is 18.3 Å². The number of rotatable bonds is 3. The number of anilines is 1. The molecule has 0 N–H and O–H groups in total. The maximum Gasteiger partial charge on any atom is 0.207 e. The molecular weight excluding hydrogens is 292 g/mol. The Morgan fingerprint density at radius 2 is 2.04 bits per heavy atom. The zero-order valence-corrected chi connectivity index (χ0v) is 13.5. The Hall–Kier alpha value is -2.41. The first-order valence-corrected chi connectivity index (χ1v) is 7.74. The van der Waals surface area contributed by atoms with Crippen LogP contribution in [0.15, 0.2) is 30.6 Å². The highest BCUT2D eigenvalue weighted by molar-refractivity contribution is 5.78. The highest BCUT2D eigenvalue weighted by atomic mass is 16.5. The predicted molar refractivity (Wildman–Crippen MR) is 87.2 cm³/mol. The monoisotopic (exact) mass is 312 g/mol. The Kier molecular flexibility index (Phi) is 3.30. The molecule has 3 aromatic rings. The summed E-state index contributed by atoms with van der Waals surface area (Å²) in [4.78, 5) is 7.10. The van der Waals surface area contributed by atoms with Crippen molar-refractivity contribution in [1.29, 1.82) is 0 Å². The van der Waals surface area contributed by atoms with Gasteiger partial charge in [-0.3, -0.25) is 0 Å². The molecule has 120 valence electrons. The van der Waals surface area contributed by atoms with Gasteiger partial charge in [-0.1, -0.05) is 12.1 Å². The number of methoxy groups -OCH3 is 1. The summed E-state index contributed by atoms with van der Waals surface area (Å²) in [6.07, 6.45) is 2.78. The topological polar surface area (TPSA) is 61.0 Å². The average molecular weight is 312 g/mol. The van der Waals surface area contributed by atoms with Crippen LogP contribution in [0.5, 0.6) is 0 Å². The number of benzene rings is 1. The van der Waals surface area contributed by atoms with Crippen LogP contribution < -0.4 is 4.90 Å². The summed E-state index contributed by atoms with van der Waals surface area (Å²) >= 11 is 0. The van der Waals surface area contributed by atoms with E-state index < -0.39 is 0 Å². The molecule has 0 bridgehead atoms. The second-order valence-electron chi connectivity index (χ2n) is 6.02. The minimum atomic E-state index is 0.114. The molecule has 4 rings (SSSR count). The van der Waals surface area contributed by atoms with E-state index in [1.807, 2.05) is 29.8 Å². The van der Waals surface area contributed by atoms with Crippen molar-refractivity contribution < 1.29 is 4.74 Å². The van der Waals surface area contributed by atoms with Crippen LogP contribution in [-0.2, 0) is 18.8 Å². The van der Waals surface area contributed by atoms with Crippen LogP contribution in [0.25, 0.3) is 11.0 Å². The van der Waals surface area contributed by atoms with E-state index in [1.165, 1.54) is 0 Å². The van der Waals surface area contributed by atoms with E-state index in [1.54, 1.807) is 13.4 Å². The molecule has 1 saturated heterocycles. The van der Waals surface area contributed by atoms with Crippen LogP contribution in [0.2, 0.25) is 0 Å². The van der Waals surface area contributed by atoms with Gasteiger partial charge >= 0.3 is 0 Å². The van der Waals surface area contributed by atoms with Crippen LogP contribution in [0.3, 0.4) is 0 Å². The number of imidazole rings is 1. The van der Waals surface area contributed by atoms with Crippen molar-refractivity contribution in [2.45, 2.75) is 18.6 Å². The Morgan fingerprint density at radius 3 is 2.74 bits per heavy atom. The fourth-order valence-electron chi connectivity index (χ4n) is 3.42. The van der Waals surface area contributed by atoms with Crippen LogP contribution in [-0.4, -0.2) is 44.1 Å². The maximum absolute atomic E-state index is 5.61. The minimum absolute atomic E-state index is 0.114. The molecule has 2 aromatic heterocycles. The molecule has 1 aromatic carbocycles. The van der Waals surface area contributed by atoms with Gasteiger partial charge in [-0.05, 0) is 12.1 Å². The maximum atomic E-state index is 5.61. The second-order valence-corrected chi connectivity index (χ2v) is 6.02. The summed E-state index contributed by atoms with van der Waals surface area (Å²) in [5.41, 5.74) is 2.13. The highest BCUT2D eigenvalue weighted by Gasteiger charge is 2.38. The molecule has 0 unspecified atom stereocenters. The Labute approximate surface area is 134 Å². The van der Waals surface area contributed by atoms with E-state index in [2.05, 4.69) is 32.8 Å². The van der Waals surface area contributed by atoms with E-state index >= 15 is 0 Å². The Bertz CT molecular complexity index is 838. The van der Waals surface area contributed by atoms with Crippen molar-refractivity contribution in [3.8, 4) is 0 Å². The zero-order valence-electron chi connectivity index (χ0n) is 13.5. The second kappa shape index (κ2) is 5.34. The lowest BCUT2D eigenvalue weighted by atomic mass is 10.2. The minimum Gasteiger partial charge on any atom is -0.380 e. The third kappa shape index (κ3) is 2.19. The van der Waals surface area contributed by atoms with Gasteiger partial charge < -0.3 is 18.8 Å². The van der Waals surface area contributed by atoms with Gasteiger partial charge in [0, 0.05) is 34.2 Å². The van der Waals surface area contributed by atoms with Gasteiger partial charge in [-0.25, -0.2) is 4.98 Å². The molecule has 7 heteroatoms. The van der Waals surface area contributed by atoms with E-state index in [4.69, 9.17) is 9.72 Å². The third-order valence-corrected chi connectivity index (χ3v) is 4.66. The number of ether oxygens (including phenoxy) is 1. The van der Waals surface area contributed by atoms with Gasteiger partial charge in [0.2, 0.25) is 5.95 Å². The Balaban J connectivity index is 1.80. The number of hydrogen-bond donors (Lipinski definition) is 0. The number of aryl methyl sites for hydroxylation is 2. The first-order valence-electron chi connectivity index (χ1n) is 7.74. The number of nitrogens with zero attached hydrogens (tertiary/aromatic N) is 6. The number of para-hydroxylation sites is 2. The normalized spacial score (nSPS) is 21.4. The van der Waals surface area contributed by atoms with E-state index in [9.17, 15) is 0 Å². The fourth-order valence-corrected chi connectivity index (χ4v) is 3.42. The summed E-state index contributed by atoms with van der Waals surface area (Å²) in [5.74, 6) is 1.88.